The van der Waals surface area contributed by atoms with E-state index in [2.05, 4.69) is 22.5 Å². The van der Waals surface area contributed by atoms with Crippen molar-refractivity contribution in [1.82, 2.24) is 10.3 Å². The number of nitrogens with zero attached hydrogens (tertiary/aromatic N) is 1. The maximum atomic E-state index is 11.7. The Kier molecular flexibility index (Phi) is 2.58. The Morgan fingerprint density at radius 2 is 2.33 bits per heavy atom. The first kappa shape index (κ1) is 9.96. The van der Waals surface area contributed by atoms with Crippen LogP contribution in [0.15, 0.2) is 18.3 Å². The third-order valence-electron chi connectivity index (χ3n) is 2.71. The first-order valence-electron chi connectivity index (χ1n) is 5.15. The normalized spacial score (nSPS) is 23.3. The molecule has 0 aromatic carbocycles. The molecule has 1 aliphatic carbocycles. The quantitative estimate of drug-likeness (QED) is 0.781. The summed E-state index contributed by atoms with van der Waals surface area (Å²) in [5.41, 5.74) is 1.37. The zero-order chi connectivity index (χ0) is 10.8. The third-order valence-corrected chi connectivity index (χ3v) is 2.71. The highest BCUT2D eigenvalue weighted by molar-refractivity contribution is 5.93. The van der Waals surface area contributed by atoms with E-state index in [1.807, 2.05) is 13.1 Å². The maximum Gasteiger partial charge on any atom is 0.270 e. The largest absolute Gasteiger partial charge is 0.388 e. The van der Waals surface area contributed by atoms with Gasteiger partial charge in [-0.1, -0.05) is 6.92 Å². The minimum absolute atomic E-state index is 0.0820. The second-order valence-corrected chi connectivity index (χ2v) is 3.97. The van der Waals surface area contributed by atoms with Crippen molar-refractivity contribution in [2.45, 2.75) is 19.4 Å². The summed E-state index contributed by atoms with van der Waals surface area (Å²) in [6.07, 6.45) is 2.72. The molecule has 0 bridgehead atoms. The third kappa shape index (κ3) is 2.26. The molecule has 2 rings (SSSR count). The van der Waals surface area contributed by atoms with Gasteiger partial charge in [0.2, 0.25) is 0 Å². The number of aromatic nitrogens is 1. The van der Waals surface area contributed by atoms with Crippen molar-refractivity contribution in [2.24, 2.45) is 5.92 Å². The molecule has 1 aliphatic rings. The van der Waals surface area contributed by atoms with Crippen LogP contribution in [0.2, 0.25) is 0 Å². The van der Waals surface area contributed by atoms with Crippen LogP contribution >= 0.6 is 0 Å². The highest BCUT2D eigenvalue weighted by Crippen LogP contribution is 2.29. The lowest BCUT2D eigenvalue weighted by atomic mass is 10.3. The van der Waals surface area contributed by atoms with Crippen molar-refractivity contribution in [1.29, 1.82) is 0 Å². The fourth-order valence-corrected chi connectivity index (χ4v) is 1.48. The molecule has 15 heavy (non-hydrogen) atoms. The van der Waals surface area contributed by atoms with Gasteiger partial charge < -0.3 is 10.6 Å². The molecule has 1 aromatic heterocycles. The van der Waals surface area contributed by atoms with Gasteiger partial charge in [0.25, 0.3) is 5.91 Å². The number of carbonyl (C=O) groups excluding carboxylic acids is 1. The summed E-state index contributed by atoms with van der Waals surface area (Å²) in [5.74, 6) is 0.530. The molecule has 2 N–H and O–H groups in total. The van der Waals surface area contributed by atoms with E-state index in [0.717, 1.165) is 12.1 Å². The first-order chi connectivity index (χ1) is 7.20. The SMILES string of the molecule is CNc1ccnc(C(=O)NC2CC2C)c1. The van der Waals surface area contributed by atoms with E-state index in [-0.39, 0.29) is 5.91 Å². The van der Waals surface area contributed by atoms with Crippen LogP contribution in [0.5, 0.6) is 0 Å². The van der Waals surface area contributed by atoms with Crippen molar-refractivity contribution in [3.05, 3.63) is 24.0 Å². The number of rotatable bonds is 3. The first-order valence-corrected chi connectivity index (χ1v) is 5.15. The molecule has 0 radical (unpaired) electrons. The van der Waals surface area contributed by atoms with Gasteiger partial charge in [0.15, 0.2) is 0 Å². The minimum Gasteiger partial charge on any atom is -0.388 e. The molecule has 80 valence electrons. The molecule has 2 unspecified atom stereocenters. The predicted octanol–water partition coefficient (Wildman–Crippen LogP) is 1.26. The summed E-state index contributed by atoms with van der Waals surface area (Å²) in [7, 11) is 1.82. The van der Waals surface area contributed by atoms with Crippen LogP contribution in [0.1, 0.15) is 23.8 Å². The Hall–Kier alpha value is -1.58. The van der Waals surface area contributed by atoms with E-state index < -0.39 is 0 Å². The van der Waals surface area contributed by atoms with E-state index in [4.69, 9.17) is 0 Å². The number of hydrogen-bond donors (Lipinski definition) is 2. The van der Waals surface area contributed by atoms with E-state index >= 15 is 0 Å². The lowest BCUT2D eigenvalue weighted by Crippen LogP contribution is -2.27. The predicted molar refractivity (Wildman–Crippen MR) is 58.8 cm³/mol. The van der Waals surface area contributed by atoms with Crippen molar-refractivity contribution in [3.8, 4) is 0 Å². The molecule has 2 atom stereocenters. The van der Waals surface area contributed by atoms with Gasteiger partial charge in [0, 0.05) is 25.0 Å². The maximum absolute atomic E-state index is 11.7. The lowest BCUT2D eigenvalue weighted by Gasteiger charge is -2.04. The van der Waals surface area contributed by atoms with Crippen molar-refractivity contribution in [3.63, 3.8) is 0 Å². The number of hydrogen-bond acceptors (Lipinski definition) is 3. The summed E-state index contributed by atoms with van der Waals surface area (Å²) < 4.78 is 0. The summed E-state index contributed by atoms with van der Waals surface area (Å²) in [4.78, 5) is 15.7. The van der Waals surface area contributed by atoms with Crippen molar-refractivity contribution in [2.75, 3.05) is 12.4 Å². The molecular formula is C11H15N3O. The van der Waals surface area contributed by atoms with Crippen LogP contribution in [0.4, 0.5) is 5.69 Å². The highest BCUT2D eigenvalue weighted by atomic mass is 16.2. The monoisotopic (exact) mass is 205 g/mol. The molecule has 0 saturated heterocycles. The van der Waals surface area contributed by atoms with Crippen LogP contribution < -0.4 is 10.6 Å². The molecule has 0 aliphatic heterocycles. The zero-order valence-corrected chi connectivity index (χ0v) is 8.95. The Labute approximate surface area is 89.1 Å². The second kappa shape index (κ2) is 3.88. The van der Waals surface area contributed by atoms with Gasteiger partial charge in [-0.3, -0.25) is 9.78 Å². The fraction of sp³-hybridized carbons (Fsp3) is 0.455. The number of anilines is 1. The molecule has 0 spiro atoms. The average molecular weight is 205 g/mol. The Morgan fingerprint density at radius 1 is 1.60 bits per heavy atom. The second-order valence-electron chi connectivity index (χ2n) is 3.97. The smallest absolute Gasteiger partial charge is 0.270 e. The van der Waals surface area contributed by atoms with Gasteiger partial charge in [-0.2, -0.15) is 0 Å². The molecule has 1 saturated carbocycles. The number of carbonyl (C=O) groups is 1. The summed E-state index contributed by atoms with van der Waals surface area (Å²) >= 11 is 0. The Bertz CT molecular complexity index is 378. The zero-order valence-electron chi connectivity index (χ0n) is 8.95. The fourth-order valence-electron chi connectivity index (χ4n) is 1.48. The molecular weight excluding hydrogens is 190 g/mol. The molecule has 4 heteroatoms. The van der Waals surface area contributed by atoms with Gasteiger partial charge in [0.1, 0.15) is 5.69 Å². The molecule has 1 heterocycles. The van der Waals surface area contributed by atoms with E-state index in [1.165, 1.54) is 0 Å². The number of amides is 1. The van der Waals surface area contributed by atoms with Crippen LogP contribution in [0.25, 0.3) is 0 Å². The van der Waals surface area contributed by atoms with Gasteiger partial charge in [-0.25, -0.2) is 0 Å². The lowest BCUT2D eigenvalue weighted by molar-refractivity contribution is 0.0944. The van der Waals surface area contributed by atoms with E-state index in [0.29, 0.717) is 17.7 Å². The van der Waals surface area contributed by atoms with Gasteiger partial charge >= 0.3 is 0 Å². The van der Waals surface area contributed by atoms with Gasteiger partial charge in [-0.05, 0) is 24.5 Å². The summed E-state index contributed by atoms with van der Waals surface area (Å²) in [6, 6.07) is 3.93. The highest BCUT2D eigenvalue weighted by Gasteiger charge is 2.34. The average Bonchev–Trinajstić information content (AvgIpc) is 2.94. The summed E-state index contributed by atoms with van der Waals surface area (Å²) in [6.45, 7) is 2.13. The van der Waals surface area contributed by atoms with Crippen molar-refractivity contribution < 1.29 is 4.79 Å². The standard InChI is InChI=1S/C11H15N3O/c1-7-5-9(7)14-11(15)10-6-8(12-2)3-4-13-10/h3-4,6-7,9H,5H2,1-2H3,(H,12,13)(H,14,15). The van der Waals surface area contributed by atoms with E-state index in [9.17, 15) is 4.79 Å². The number of nitrogens with one attached hydrogen (secondary N) is 2. The number of pyridine rings is 1. The molecule has 4 nitrogen and oxygen atoms in total. The summed E-state index contributed by atoms with van der Waals surface area (Å²) in [5, 5.41) is 5.92. The Balaban J connectivity index is 2.04. The Morgan fingerprint density at radius 3 is 2.93 bits per heavy atom. The van der Waals surface area contributed by atoms with Crippen LogP contribution in [-0.2, 0) is 0 Å². The topological polar surface area (TPSA) is 54.0 Å². The van der Waals surface area contributed by atoms with Gasteiger partial charge in [0.05, 0.1) is 0 Å². The van der Waals surface area contributed by atoms with Crippen LogP contribution in [0.3, 0.4) is 0 Å². The van der Waals surface area contributed by atoms with Crippen molar-refractivity contribution >= 4 is 11.6 Å². The van der Waals surface area contributed by atoms with Crippen LogP contribution in [0, 0.1) is 5.92 Å². The van der Waals surface area contributed by atoms with Crippen LogP contribution in [-0.4, -0.2) is 24.0 Å². The van der Waals surface area contributed by atoms with E-state index in [1.54, 1.807) is 12.3 Å². The molecule has 1 fully saturated rings. The molecule has 1 aromatic rings. The van der Waals surface area contributed by atoms with Gasteiger partial charge in [-0.15, -0.1) is 0 Å². The molecule has 1 amide bonds. The minimum atomic E-state index is -0.0820.